The molecule has 1 N–H and O–H groups in total. The molecular weight excluding hydrogens is 136 g/mol. The molecule has 0 amide bonds. The van der Waals surface area contributed by atoms with Crippen LogP contribution in [0.5, 0.6) is 0 Å². The zero-order chi connectivity index (χ0) is 8.65. The topological polar surface area (TPSA) is 20.2 Å². The van der Waals surface area contributed by atoms with E-state index in [0.29, 0.717) is 11.8 Å². The molecule has 0 spiro atoms. The maximum absolute atomic E-state index is 9.60. The van der Waals surface area contributed by atoms with Crippen LogP contribution >= 0.6 is 0 Å². The summed E-state index contributed by atoms with van der Waals surface area (Å²) in [6.07, 6.45) is 2.98. The molecule has 0 heterocycles. The SMILES string of the molecule is C=CC(C)(C)[C@@H]1C[C@@H](C)C1O. The molecule has 1 fully saturated rings. The zero-order valence-corrected chi connectivity index (χ0v) is 7.67. The number of hydrogen-bond donors (Lipinski definition) is 1. The molecule has 1 saturated carbocycles. The first-order valence-corrected chi connectivity index (χ1v) is 4.30. The predicted molar refractivity (Wildman–Crippen MR) is 47.3 cm³/mol. The van der Waals surface area contributed by atoms with Crippen LogP contribution in [0, 0.1) is 17.3 Å². The van der Waals surface area contributed by atoms with Gasteiger partial charge in [0.05, 0.1) is 6.10 Å². The first kappa shape index (κ1) is 8.79. The summed E-state index contributed by atoms with van der Waals surface area (Å²) >= 11 is 0. The summed E-state index contributed by atoms with van der Waals surface area (Å²) in [5.74, 6) is 0.911. The Balaban J connectivity index is 2.57. The largest absolute Gasteiger partial charge is 0.393 e. The number of rotatable bonds is 2. The molecule has 1 nitrogen and oxygen atoms in total. The summed E-state index contributed by atoms with van der Waals surface area (Å²) < 4.78 is 0. The second-order valence-corrected chi connectivity index (χ2v) is 4.34. The summed E-state index contributed by atoms with van der Waals surface area (Å²) in [5.41, 5.74) is 0.103. The standard InChI is InChI=1S/C10H18O/c1-5-10(3,4)8-6-7(2)9(8)11/h5,7-9,11H,1,6H2,2-4H3/t7-,8-,9?/m1/s1. The fourth-order valence-corrected chi connectivity index (χ4v) is 1.78. The first-order chi connectivity index (χ1) is 4.99. The van der Waals surface area contributed by atoms with Crippen molar-refractivity contribution in [2.75, 3.05) is 0 Å². The molecule has 0 aromatic heterocycles. The van der Waals surface area contributed by atoms with Gasteiger partial charge in [0.1, 0.15) is 0 Å². The van der Waals surface area contributed by atoms with E-state index in [-0.39, 0.29) is 11.5 Å². The quantitative estimate of drug-likeness (QED) is 0.605. The van der Waals surface area contributed by atoms with Crippen molar-refractivity contribution in [1.29, 1.82) is 0 Å². The minimum atomic E-state index is -0.108. The molecule has 1 aliphatic rings. The average Bonchev–Trinajstić information content (AvgIpc) is 1.99. The van der Waals surface area contributed by atoms with Crippen molar-refractivity contribution in [2.45, 2.75) is 33.3 Å². The minimum Gasteiger partial charge on any atom is -0.393 e. The molecule has 0 aliphatic heterocycles. The van der Waals surface area contributed by atoms with Crippen molar-refractivity contribution in [3.63, 3.8) is 0 Å². The molecule has 0 aromatic carbocycles. The Labute approximate surface area is 69.1 Å². The lowest BCUT2D eigenvalue weighted by molar-refractivity contribution is -0.0741. The fraction of sp³-hybridized carbons (Fsp3) is 0.800. The van der Waals surface area contributed by atoms with Crippen LogP contribution in [0.2, 0.25) is 0 Å². The van der Waals surface area contributed by atoms with E-state index in [9.17, 15) is 5.11 Å². The summed E-state index contributed by atoms with van der Waals surface area (Å²) in [6, 6.07) is 0. The smallest absolute Gasteiger partial charge is 0.0602 e. The third-order valence-corrected chi connectivity index (χ3v) is 3.10. The van der Waals surface area contributed by atoms with Gasteiger partial charge < -0.3 is 5.11 Å². The fourth-order valence-electron chi connectivity index (χ4n) is 1.78. The third-order valence-electron chi connectivity index (χ3n) is 3.10. The Hall–Kier alpha value is -0.300. The predicted octanol–water partition coefficient (Wildman–Crippen LogP) is 2.22. The van der Waals surface area contributed by atoms with Gasteiger partial charge in [-0.15, -0.1) is 6.58 Å². The molecule has 1 rings (SSSR count). The minimum absolute atomic E-state index is 0.103. The summed E-state index contributed by atoms with van der Waals surface area (Å²) in [4.78, 5) is 0. The molecule has 0 radical (unpaired) electrons. The van der Waals surface area contributed by atoms with Crippen LogP contribution in [-0.2, 0) is 0 Å². The molecule has 0 bridgehead atoms. The Kier molecular flexibility index (Phi) is 2.10. The second-order valence-electron chi connectivity index (χ2n) is 4.34. The molecule has 1 unspecified atom stereocenters. The van der Waals surface area contributed by atoms with Crippen LogP contribution in [0.3, 0.4) is 0 Å². The average molecular weight is 154 g/mol. The number of aliphatic hydroxyl groups excluding tert-OH is 1. The lowest BCUT2D eigenvalue weighted by Crippen LogP contribution is -2.47. The van der Waals surface area contributed by atoms with Crippen LogP contribution in [0.15, 0.2) is 12.7 Å². The zero-order valence-electron chi connectivity index (χ0n) is 7.67. The van der Waals surface area contributed by atoms with Gasteiger partial charge in [-0.3, -0.25) is 0 Å². The van der Waals surface area contributed by atoms with Crippen LogP contribution < -0.4 is 0 Å². The van der Waals surface area contributed by atoms with Crippen molar-refractivity contribution in [3.8, 4) is 0 Å². The molecule has 0 aromatic rings. The molecule has 11 heavy (non-hydrogen) atoms. The van der Waals surface area contributed by atoms with E-state index in [0.717, 1.165) is 6.42 Å². The van der Waals surface area contributed by atoms with Gasteiger partial charge in [0.15, 0.2) is 0 Å². The van der Waals surface area contributed by atoms with E-state index >= 15 is 0 Å². The summed E-state index contributed by atoms with van der Waals surface area (Å²) in [6.45, 7) is 10.2. The Morgan fingerprint density at radius 1 is 1.55 bits per heavy atom. The van der Waals surface area contributed by atoms with Gasteiger partial charge in [0, 0.05) is 0 Å². The van der Waals surface area contributed by atoms with Crippen molar-refractivity contribution in [1.82, 2.24) is 0 Å². The van der Waals surface area contributed by atoms with Gasteiger partial charge in [-0.2, -0.15) is 0 Å². The highest BCUT2D eigenvalue weighted by Crippen LogP contribution is 2.45. The molecule has 1 aliphatic carbocycles. The van der Waals surface area contributed by atoms with Gasteiger partial charge in [0.25, 0.3) is 0 Å². The van der Waals surface area contributed by atoms with Gasteiger partial charge >= 0.3 is 0 Å². The number of aliphatic hydroxyl groups is 1. The number of hydrogen-bond acceptors (Lipinski definition) is 1. The van der Waals surface area contributed by atoms with E-state index in [2.05, 4.69) is 27.4 Å². The van der Waals surface area contributed by atoms with Crippen molar-refractivity contribution in [3.05, 3.63) is 12.7 Å². The Bertz CT molecular complexity index is 160. The maximum Gasteiger partial charge on any atom is 0.0602 e. The monoisotopic (exact) mass is 154 g/mol. The number of allylic oxidation sites excluding steroid dienone is 1. The molecule has 1 heteroatoms. The summed E-state index contributed by atoms with van der Waals surface area (Å²) in [7, 11) is 0. The highest BCUT2D eigenvalue weighted by atomic mass is 16.3. The van der Waals surface area contributed by atoms with Crippen LogP contribution in [0.1, 0.15) is 27.2 Å². The lowest BCUT2D eigenvalue weighted by atomic mass is 9.61. The van der Waals surface area contributed by atoms with E-state index < -0.39 is 0 Å². The van der Waals surface area contributed by atoms with Crippen molar-refractivity contribution < 1.29 is 5.11 Å². The van der Waals surface area contributed by atoms with Gasteiger partial charge in [0.2, 0.25) is 0 Å². The van der Waals surface area contributed by atoms with Crippen molar-refractivity contribution >= 4 is 0 Å². The second kappa shape index (κ2) is 2.63. The van der Waals surface area contributed by atoms with Crippen LogP contribution in [-0.4, -0.2) is 11.2 Å². The van der Waals surface area contributed by atoms with E-state index in [1.807, 2.05) is 6.08 Å². The molecule has 0 saturated heterocycles. The Morgan fingerprint density at radius 2 is 2.09 bits per heavy atom. The Morgan fingerprint density at radius 3 is 2.36 bits per heavy atom. The van der Waals surface area contributed by atoms with E-state index in [4.69, 9.17) is 0 Å². The van der Waals surface area contributed by atoms with E-state index in [1.165, 1.54) is 0 Å². The van der Waals surface area contributed by atoms with Crippen molar-refractivity contribution in [2.24, 2.45) is 17.3 Å². The first-order valence-electron chi connectivity index (χ1n) is 4.30. The lowest BCUT2D eigenvalue weighted by Gasteiger charge is -2.47. The maximum atomic E-state index is 9.60. The third kappa shape index (κ3) is 1.34. The van der Waals surface area contributed by atoms with Crippen LogP contribution in [0.25, 0.3) is 0 Å². The highest BCUT2D eigenvalue weighted by molar-refractivity contribution is 5.02. The normalized spacial score (nSPS) is 38.0. The van der Waals surface area contributed by atoms with E-state index in [1.54, 1.807) is 0 Å². The van der Waals surface area contributed by atoms with Crippen LogP contribution in [0.4, 0.5) is 0 Å². The molecule has 64 valence electrons. The highest BCUT2D eigenvalue weighted by Gasteiger charge is 2.44. The molecular formula is C10H18O. The molecule has 3 atom stereocenters. The van der Waals surface area contributed by atoms with Gasteiger partial charge in [-0.1, -0.05) is 26.8 Å². The van der Waals surface area contributed by atoms with Gasteiger partial charge in [-0.05, 0) is 23.7 Å². The van der Waals surface area contributed by atoms with Gasteiger partial charge in [-0.25, -0.2) is 0 Å². The summed E-state index contributed by atoms with van der Waals surface area (Å²) in [5, 5.41) is 9.60.